The molecule has 23 heavy (non-hydrogen) atoms. The van der Waals surface area contributed by atoms with E-state index in [1.165, 1.54) is 6.07 Å². The monoisotopic (exact) mass is 388 g/mol. The number of hydrogen-bond donors (Lipinski definition) is 2. The first-order valence-electron chi connectivity index (χ1n) is 5.89. The standard InChI is InChI=1S/C11H16O6S2.O3S/c1-7-8(2)10(5-18(12,13)14)4-11(9(7)3)6-19(15,16)17;1-4(2)3/h4H,5-6H2,1-3H3,(H,12,13,14)(H,15,16,17);. The van der Waals surface area contributed by atoms with Crippen LogP contribution in [0.3, 0.4) is 0 Å². The van der Waals surface area contributed by atoms with Gasteiger partial charge in [0, 0.05) is 0 Å². The Balaban J connectivity index is 0.00000108. The van der Waals surface area contributed by atoms with Gasteiger partial charge in [0.25, 0.3) is 20.2 Å². The summed E-state index contributed by atoms with van der Waals surface area (Å²) >= 11 is 0. The van der Waals surface area contributed by atoms with Gasteiger partial charge in [-0.25, -0.2) is 0 Å². The first-order chi connectivity index (χ1) is 10.1. The fourth-order valence-electron chi connectivity index (χ4n) is 1.88. The van der Waals surface area contributed by atoms with Gasteiger partial charge in [0.1, 0.15) is 11.5 Å². The van der Waals surface area contributed by atoms with Gasteiger partial charge in [-0.15, -0.1) is 12.6 Å². The molecule has 0 bridgehead atoms. The lowest BCUT2D eigenvalue weighted by Crippen LogP contribution is -2.09. The van der Waals surface area contributed by atoms with Crippen molar-refractivity contribution in [3.63, 3.8) is 0 Å². The second-order valence-electron chi connectivity index (χ2n) is 4.73. The van der Waals surface area contributed by atoms with Gasteiger partial charge in [-0.2, -0.15) is 16.8 Å². The van der Waals surface area contributed by atoms with Crippen LogP contribution in [-0.4, -0.2) is 38.6 Å². The second-order valence-corrected chi connectivity index (χ2v) is 8.04. The van der Waals surface area contributed by atoms with Gasteiger partial charge in [-0.3, -0.25) is 9.11 Å². The average molecular weight is 388 g/mol. The van der Waals surface area contributed by atoms with E-state index in [0.29, 0.717) is 22.3 Å². The minimum absolute atomic E-state index is 0.323. The molecule has 0 radical (unpaired) electrons. The van der Waals surface area contributed by atoms with Crippen molar-refractivity contribution in [3.05, 3.63) is 33.9 Å². The molecule has 1 aromatic rings. The van der Waals surface area contributed by atoms with E-state index in [9.17, 15) is 16.8 Å². The molecule has 0 aromatic heterocycles. The molecule has 0 atom stereocenters. The van der Waals surface area contributed by atoms with E-state index in [1.54, 1.807) is 20.8 Å². The zero-order chi connectivity index (χ0) is 18.6. The second kappa shape index (κ2) is 7.97. The first-order valence-corrected chi connectivity index (χ1v) is 10.1. The highest BCUT2D eigenvalue weighted by atomic mass is 32.2. The van der Waals surface area contributed by atoms with Crippen LogP contribution < -0.4 is 0 Å². The van der Waals surface area contributed by atoms with Crippen LogP contribution in [0, 0.1) is 20.8 Å². The van der Waals surface area contributed by atoms with E-state index in [4.69, 9.17) is 21.7 Å². The molecule has 132 valence electrons. The Morgan fingerprint density at radius 3 is 1.26 bits per heavy atom. The van der Waals surface area contributed by atoms with Crippen LogP contribution in [0.2, 0.25) is 0 Å². The largest absolute Gasteiger partial charge is 0.425 e. The van der Waals surface area contributed by atoms with Crippen molar-refractivity contribution in [1.82, 2.24) is 0 Å². The van der Waals surface area contributed by atoms with Crippen molar-refractivity contribution < 1.29 is 38.6 Å². The van der Waals surface area contributed by atoms with Crippen LogP contribution in [0.4, 0.5) is 0 Å². The molecule has 0 unspecified atom stereocenters. The van der Waals surface area contributed by atoms with Crippen LogP contribution in [0.25, 0.3) is 0 Å². The quantitative estimate of drug-likeness (QED) is 0.695. The third-order valence-electron chi connectivity index (χ3n) is 3.11. The highest BCUT2D eigenvalue weighted by Gasteiger charge is 2.17. The maximum Gasteiger partial charge on any atom is 0.425 e. The van der Waals surface area contributed by atoms with Crippen LogP contribution >= 0.6 is 0 Å². The molecule has 0 aliphatic rings. The number of rotatable bonds is 4. The van der Waals surface area contributed by atoms with Crippen molar-refractivity contribution in [1.29, 1.82) is 0 Å². The Morgan fingerprint density at radius 2 is 1.04 bits per heavy atom. The van der Waals surface area contributed by atoms with Gasteiger partial charge in [0.2, 0.25) is 0 Å². The predicted molar refractivity (Wildman–Crippen MR) is 80.9 cm³/mol. The Kier molecular flexibility index (Phi) is 7.50. The molecule has 12 heteroatoms. The molecule has 0 saturated carbocycles. The summed E-state index contributed by atoms with van der Waals surface area (Å²) in [7, 11) is -11.5. The summed E-state index contributed by atoms with van der Waals surface area (Å²) in [5.41, 5.74) is 2.73. The van der Waals surface area contributed by atoms with Crippen LogP contribution in [-0.2, 0) is 42.4 Å². The van der Waals surface area contributed by atoms with E-state index in [-0.39, 0.29) is 0 Å². The van der Waals surface area contributed by atoms with Crippen molar-refractivity contribution in [3.8, 4) is 0 Å². The third-order valence-corrected chi connectivity index (χ3v) is 4.46. The molecule has 0 heterocycles. The zero-order valence-corrected chi connectivity index (χ0v) is 14.9. The van der Waals surface area contributed by atoms with Crippen molar-refractivity contribution >= 4 is 30.8 Å². The molecule has 0 saturated heterocycles. The van der Waals surface area contributed by atoms with Gasteiger partial charge in [-0.1, -0.05) is 6.07 Å². The van der Waals surface area contributed by atoms with Crippen molar-refractivity contribution in [2.24, 2.45) is 0 Å². The van der Waals surface area contributed by atoms with Gasteiger partial charge in [0.05, 0.1) is 0 Å². The van der Waals surface area contributed by atoms with E-state index in [0.717, 1.165) is 5.56 Å². The summed E-state index contributed by atoms with van der Waals surface area (Å²) in [6.07, 6.45) is 0. The molecule has 0 fully saturated rings. The Bertz CT molecular complexity index is 830. The van der Waals surface area contributed by atoms with Crippen LogP contribution in [0.5, 0.6) is 0 Å². The molecule has 0 spiro atoms. The maximum atomic E-state index is 10.9. The number of benzene rings is 1. The van der Waals surface area contributed by atoms with Crippen LogP contribution in [0.15, 0.2) is 6.07 Å². The summed E-state index contributed by atoms with van der Waals surface area (Å²) in [4.78, 5) is 0. The molecular weight excluding hydrogens is 372 g/mol. The molecule has 0 aliphatic carbocycles. The fraction of sp³-hybridized carbons (Fsp3) is 0.455. The van der Waals surface area contributed by atoms with E-state index in [2.05, 4.69) is 0 Å². The molecule has 9 nitrogen and oxygen atoms in total. The van der Waals surface area contributed by atoms with Gasteiger partial charge < -0.3 is 0 Å². The Morgan fingerprint density at radius 1 is 0.783 bits per heavy atom. The lowest BCUT2D eigenvalue weighted by Gasteiger charge is -2.15. The normalized spacial score (nSPS) is 11.5. The minimum Gasteiger partial charge on any atom is -0.285 e. The zero-order valence-electron chi connectivity index (χ0n) is 12.5. The summed E-state index contributed by atoms with van der Waals surface area (Å²) < 4.78 is 86.8. The molecule has 1 aromatic carbocycles. The maximum absolute atomic E-state index is 10.9. The summed E-state index contributed by atoms with van der Waals surface area (Å²) in [5.74, 6) is -1.17. The van der Waals surface area contributed by atoms with Gasteiger partial charge in [-0.05, 0) is 48.6 Å². The average Bonchev–Trinajstić information content (AvgIpc) is 2.28. The van der Waals surface area contributed by atoms with E-state index < -0.39 is 42.4 Å². The lowest BCUT2D eigenvalue weighted by atomic mass is 9.95. The van der Waals surface area contributed by atoms with Crippen molar-refractivity contribution in [2.75, 3.05) is 0 Å². The Hall–Kier alpha value is -1.34. The number of hydrogen-bond acceptors (Lipinski definition) is 7. The topological polar surface area (TPSA) is 160 Å². The van der Waals surface area contributed by atoms with Crippen LogP contribution in [0.1, 0.15) is 27.8 Å². The first kappa shape index (κ1) is 21.7. The molecule has 0 aliphatic heterocycles. The SMILES string of the molecule is Cc1c(CS(=O)(=O)O)cc(CS(=O)(=O)O)c(C)c1C.O=S(=O)=O. The summed E-state index contributed by atoms with van der Waals surface area (Å²) in [6, 6.07) is 1.39. The third kappa shape index (κ3) is 8.76. The minimum atomic E-state index is -4.20. The molecule has 0 amide bonds. The highest BCUT2D eigenvalue weighted by Crippen LogP contribution is 2.24. The lowest BCUT2D eigenvalue weighted by molar-refractivity contribution is 0.480. The molecular formula is C11H16O9S3. The fourth-order valence-corrected chi connectivity index (χ4v) is 3.27. The molecule has 1 rings (SSSR count). The van der Waals surface area contributed by atoms with Gasteiger partial charge in [0.15, 0.2) is 0 Å². The highest BCUT2D eigenvalue weighted by molar-refractivity contribution is 7.85. The predicted octanol–water partition coefficient (Wildman–Crippen LogP) is 0.383. The summed E-state index contributed by atoms with van der Waals surface area (Å²) in [5, 5.41) is 0. The van der Waals surface area contributed by atoms with Crippen molar-refractivity contribution in [2.45, 2.75) is 32.3 Å². The van der Waals surface area contributed by atoms with Gasteiger partial charge >= 0.3 is 10.6 Å². The van der Waals surface area contributed by atoms with E-state index in [1.807, 2.05) is 0 Å². The summed E-state index contributed by atoms with van der Waals surface area (Å²) in [6.45, 7) is 5.12. The Labute approximate surface area is 135 Å². The van der Waals surface area contributed by atoms with E-state index >= 15 is 0 Å². The smallest absolute Gasteiger partial charge is 0.285 e. The molecule has 2 N–H and O–H groups in total.